The Kier molecular flexibility index (Phi) is 5.19. The SMILES string of the molecule is CC(=O)Nc1ccc(/C=C/C(=O)Nc2ccc(-n3cncn3)cc2)cc1. The molecule has 26 heavy (non-hydrogen) atoms. The number of carbonyl (C=O) groups is 2. The van der Waals surface area contributed by atoms with Crippen LogP contribution in [0.3, 0.4) is 0 Å². The monoisotopic (exact) mass is 347 g/mol. The van der Waals surface area contributed by atoms with E-state index in [1.807, 2.05) is 24.3 Å². The Balaban J connectivity index is 1.58. The summed E-state index contributed by atoms with van der Waals surface area (Å²) in [6.07, 6.45) is 6.23. The van der Waals surface area contributed by atoms with Crippen molar-refractivity contribution in [3.63, 3.8) is 0 Å². The van der Waals surface area contributed by atoms with Crippen LogP contribution in [0.5, 0.6) is 0 Å². The maximum atomic E-state index is 12.0. The molecule has 1 heterocycles. The van der Waals surface area contributed by atoms with Crippen LogP contribution in [-0.4, -0.2) is 26.6 Å². The number of amides is 2. The number of benzene rings is 2. The van der Waals surface area contributed by atoms with Gasteiger partial charge in [-0.3, -0.25) is 9.59 Å². The molecule has 2 N–H and O–H groups in total. The number of aromatic nitrogens is 3. The second kappa shape index (κ2) is 7.89. The van der Waals surface area contributed by atoms with Crippen LogP contribution in [-0.2, 0) is 9.59 Å². The average Bonchev–Trinajstić information content (AvgIpc) is 3.16. The van der Waals surface area contributed by atoms with Crippen LogP contribution in [0, 0.1) is 0 Å². The van der Waals surface area contributed by atoms with E-state index >= 15 is 0 Å². The molecule has 3 aromatic rings. The first-order valence-electron chi connectivity index (χ1n) is 7.92. The van der Waals surface area contributed by atoms with Crippen LogP contribution in [0.1, 0.15) is 12.5 Å². The van der Waals surface area contributed by atoms with Gasteiger partial charge in [0.15, 0.2) is 0 Å². The van der Waals surface area contributed by atoms with Gasteiger partial charge in [-0.15, -0.1) is 0 Å². The topological polar surface area (TPSA) is 88.9 Å². The van der Waals surface area contributed by atoms with Gasteiger partial charge in [0.05, 0.1) is 5.69 Å². The predicted octanol–water partition coefficient (Wildman–Crippen LogP) is 2.88. The second-order valence-corrected chi connectivity index (χ2v) is 5.51. The number of rotatable bonds is 5. The average molecular weight is 347 g/mol. The fraction of sp³-hybridized carbons (Fsp3) is 0.0526. The smallest absolute Gasteiger partial charge is 0.248 e. The van der Waals surface area contributed by atoms with E-state index in [4.69, 9.17) is 0 Å². The molecule has 0 aliphatic rings. The zero-order valence-corrected chi connectivity index (χ0v) is 14.1. The summed E-state index contributed by atoms with van der Waals surface area (Å²) in [5, 5.41) is 9.53. The van der Waals surface area contributed by atoms with E-state index in [-0.39, 0.29) is 11.8 Å². The Labute approximate surface area is 150 Å². The fourth-order valence-electron chi connectivity index (χ4n) is 2.28. The first-order valence-corrected chi connectivity index (χ1v) is 7.92. The van der Waals surface area contributed by atoms with Gasteiger partial charge in [0.2, 0.25) is 11.8 Å². The molecule has 0 saturated carbocycles. The minimum absolute atomic E-state index is 0.123. The van der Waals surface area contributed by atoms with Crippen molar-refractivity contribution in [3.8, 4) is 5.69 Å². The summed E-state index contributed by atoms with van der Waals surface area (Å²) in [5.41, 5.74) is 3.11. The van der Waals surface area contributed by atoms with Gasteiger partial charge >= 0.3 is 0 Å². The maximum Gasteiger partial charge on any atom is 0.248 e. The van der Waals surface area contributed by atoms with Gasteiger partial charge in [0, 0.05) is 24.4 Å². The number of hydrogen-bond donors (Lipinski definition) is 2. The van der Waals surface area contributed by atoms with Gasteiger partial charge in [-0.05, 0) is 48.0 Å². The number of hydrogen-bond acceptors (Lipinski definition) is 4. The van der Waals surface area contributed by atoms with Gasteiger partial charge in [0.25, 0.3) is 0 Å². The van der Waals surface area contributed by atoms with E-state index in [1.165, 1.54) is 19.3 Å². The molecule has 0 bridgehead atoms. The van der Waals surface area contributed by atoms with Crippen molar-refractivity contribution in [1.82, 2.24) is 14.8 Å². The lowest BCUT2D eigenvalue weighted by Gasteiger charge is -2.04. The zero-order valence-electron chi connectivity index (χ0n) is 14.1. The van der Waals surface area contributed by atoms with E-state index in [9.17, 15) is 9.59 Å². The lowest BCUT2D eigenvalue weighted by Crippen LogP contribution is -2.07. The van der Waals surface area contributed by atoms with Crippen LogP contribution in [0.25, 0.3) is 11.8 Å². The molecule has 3 rings (SSSR count). The third-order valence-electron chi connectivity index (χ3n) is 3.48. The highest BCUT2D eigenvalue weighted by molar-refractivity contribution is 6.02. The third-order valence-corrected chi connectivity index (χ3v) is 3.48. The van der Waals surface area contributed by atoms with Gasteiger partial charge < -0.3 is 10.6 Å². The molecule has 0 fully saturated rings. The van der Waals surface area contributed by atoms with Crippen LogP contribution >= 0.6 is 0 Å². The molecule has 2 amide bonds. The molecule has 0 aliphatic carbocycles. The molecule has 130 valence electrons. The van der Waals surface area contributed by atoms with Crippen molar-refractivity contribution in [1.29, 1.82) is 0 Å². The van der Waals surface area contributed by atoms with E-state index in [0.29, 0.717) is 11.4 Å². The molecule has 2 aromatic carbocycles. The molecular formula is C19H17N5O2. The lowest BCUT2D eigenvalue weighted by atomic mass is 10.2. The standard InChI is InChI=1S/C19H17N5O2/c1-14(25)22-16-5-2-15(3-6-16)4-11-19(26)23-17-7-9-18(10-8-17)24-13-20-12-21-24/h2-13H,1H3,(H,22,25)(H,23,26)/b11-4+. The van der Waals surface area contributed by atoms with Crippen LogP contribution in [0.2, 0.25) is 0 Å². The van der Waals surface area contributed by atoms with Gasteiger partial charge in [-0.25, -0.2) is 9.67 Å². The maximum absolute atomic E-state index is 12.0. The summed E-state index contributed by atoms with van der Waals surface area (Å²) in [6, 6.07) is 14.5. The van der Waals surface area contributed by atoms with Crippen molar-refractivity contribution >= 4 is 29.3 Å². The Bertz CT molecular complexity index is 914. The summed E-state index contributed by atoms with van der Waals surface area (Å²) < 4.78 is 1.64. The van der Waals surface area contributed by atoms with E-state index in [0.717, 1.165) is 11.3 Å². The van der Waals surface area contributed by atoms with Gasteiger partial charge in [-0.2, -0.15) is 5.10 Å². The Morgan fingerprint density at radius 1 is 0.962 bits per heavy atom. The molecule has 0 radical (unpaired) electrons. The summed E-state index contributed by atoms with van der Waals surface area (Å²) in [6.45, 7) is 1.45. The normalized spacial score (nSPS) is 10.7. The lowest BCUT2D eigenvalue weighted by molar-refractivity contribution is -0.114. The molecule has 0 unspecified atom stereocenters. The van der Waals surface area contributed by atoms with Gasteiger partial charge in [0.1, 0.15) is 12.7 Å². The molecule has 1 aromatic heterocycles. The minimum Gasteiger partial charge on any atom is -0.326 e. The number of nitrogens with one attached hydrogen (secondary N) is 2. The number of anilines is 2. The van der Waals surface area contributed by atoms with Gasteiger partial charge in [-0.1, -0.05) is 12.1 Å². The summed E-state index contributed by atoms with van der Waals surface area (Å²) in [7, 11) is 0. The molecule has 0 saturated heterocycles. The van der Waals surface area contributed by atoms with Crippen molar-refractivity contribution in [2.45, 2.75) is 6.92 Å². The minimum atomic E-state index is -0.232. The highest BCUT2D eigenvalue weighted by Crippen LogP contribution is 2.13. The largest absolute Gasteiger partial charge is 0.326 e. The van der Waals surface area contributed by atoms with Crippen molar-refractivity contribution < 1.29 is 9.59 Å². The zero-order chi connectivity index (χ0) is 18.4. The van der Waals surface area contributed by atoms with Crippen molar-refractivity contribution in [2.24, 2.45) is 0 Å². The number of carbonyl (C=O) groups excluding carboxylic acids is 2. The summed E-state index contributed by atoms with van der Waals surface area (Å²) in [5.74, 6) is -0.355. The summed E-state index contributed by atoms with van der Waals surface area (Å²) >= 11 is 0. The van der Waals surface area contributed by atoms with Crippen LogP contribution in [0.4, 0.5) is 11.4 Å². The van der Waals surface area contributed by atoms with E-state index in [2.05, 4.69) is 20.7 Å². The Morgan fingerprint density at radius 3 is 2.23 bits per heavy atom. The highest BCUT2D eigenvalue weighted by Gasteiger charge is 2.01. The Morgan fingerprint density at radius 2 is 1.62 bits per heavy atom. The highest BCUT2D eigenvalue weighted by atomic mass is 16.2. The second-order valence-electron chi connectivity index (χ2n) is 5.51. The molecule has 0 aliphatic heterocycles. The first kappa shape index (κ1) is 17.1. The van der Waals surface area contributed by atoms with E-state index < -0.39 is 0 Å². The quantitative estimate of drug-likeness (QED) is 0.695. The number of nitrogens with zero attached hydrogens (tertiary/aromatic N) is 3. The summed E-state index contributed by atoms with van der Waals surface area (Å²) in [4.78, 5) is 26.9. The van der Waals surface area contributed by atoms with Crippen LogP contribution < -0.4 is 10.6 Å². The van der Waals surface area contributed by atoms with Crippen LogP contribution in [0.15, 0.2) is 67.3 Å². The first-order chi connectivity index (χ1) is 12.6. The predicted molar refractivity (Wildman–Crippen MR) is 99.8 cm³/mol. The fourth-order valence-corrected chi connectivity index (χ4v) is 2.28. The van der Waals surface area contributed by atoms with Crippen molar-refractivity contribution in [3.05, 3.63) is 72.8 Å². The molecule has 0 spiro atoms. The molecule has 0 atom stereocenters. The Hall–Kier alpha value is -3.74. The molecule has 7 heteroatoms. The molecule has 7 nitrogen and oxygen atoms in total. The van der Waals surface area contributed by atoms with Crippen molar-refractivity contribution in [2.75, 3.05) is 10.6 Å². The molecular weight excluding hydrogens is 330 g/mol. The third kappa shape index (κ3) is 4.64. The van der Waals surface area contributed by atoms with E-state index in [1.54, 1.807) is 41.4 Å².